The molecular formula is C18H16N4O4S. The molecule has 0 spiro atoms. The Kier molecular flexibility index (Phi) is 5.72. The zero-order chi connectivity index (χ0) is 19.2. The van der Waals surface area contributed by atoms with Crippen LogP contribution in [0.15, 0.2) is 64.9 Å². The van der Waals surface area contributed by atoms with Crippen molar-refractivity contribution in [2.75, 3.05) is 11.1 Å². The Morgan fingerprint density at radius 2 is 2.15 bits per heavy atom. The number of hydrogen-bond donors (Lipinski definition) is 2. The van der Waals surface area contributed by atoms with Gasteiger partial charge in [-0.2, -0.15) is 0 Å². The summed E-state index contributed by atoms with van der Waals surface area (Å²) in [6, 6.07) is 9.60. The number of aromatic nitrogens is 3. The van der Waals surface area contributed by atoms with E-state index in [0.29, 0.717) is 29.0 Å². The molecule has 0 radical (unpaired) electrons. The zero-order valence-electron chi connectivity index (χ0n) is 14.2. The summed E-state index contributed by atoms with van der Waals surface area (Å²) >= 11 is 1.21. The first kappa shape index (κ1) is 18.5. The lowest BCUT2D eigenvalue weighted by Gasteiger charge is -2.07. The number of amides is 1. The average Bonchev–Trinajstić information content (AvgIpc) is 3.30. The van der Waals surface area contributed by atoms with Crippen LogP contribution in [0.25, 0.3) is 11.6 Å². The number of thioether (sulfide) groups is 1. The number of anilines is 1. The molecule has 0 bridgehead atoms. The third-order valence-corrected chi connectivity index (χ3v) is 4.46. The van der Waals surface area contributed by atoms with Gasteiger partial charge in [0.05, 0.1) is 17.6 Å². The lowest BCUT2D eigenvalue weighted by atomic mass is 10.2. The molecule has 0 atom stereocenters. The van der Waals surface area contributed by atoms with Gasteiger partial charge in [0.1, 0.15) is 0 Å². The number of hydrogen-bond acceptors (Lipinski definition) is 6. The van der Waals surface area contributed by atoms with Crippen LogP contribution in [0.5, 0.6) is 0 Å². The Morgan fingerprint density at radius 1 is 1.30 bits per heavy atom. The van der Waals surface area contributed by atoms with Crippen LogP contribution in [0.1, 0.15) is 10.4 Å². The lowest BCUT2D eigenvalue weighted by Crippen LogP contribution is -2.15. The van der Waals surface area contributed by atoms with E-state index in [0.717, 1.165) is 0 Å². The van der Waals surface area contributed by atoms with E-state index in [4.69, 9.17) is 9.52 Å². The smallest absolute Gasteiger partial charge is 0.335 e. The third kappa shape index (κ3) is 4.45. The molecule has 3 rings (SSSR count). The van der Waals surface area contributed by atoms with E-state index in [-0.39, 0.29) is 17.2 Å². The first-order valence-electron chi connectivity index (χ1n) is 7.92. The largest absolute Gasteiger partial charge is 0.478 e. The van der Waals surface area contributed by atoms with Crippen LogP contribution in [0, 0.1) is 0 Å². The van der Waals surface area contributed by atoms with E-state index in [2.05, 4.69) is 22.1 Å². The van der Waals surface area contributed by atoms with Crippen molar-refractivity contribution in [3.63, 3.8) is 0 Å². The fraction of sp³-hybridized carbons (Fsp3) is 0.111. The van der Waals surface area contributed by atoms with E-state index in [1.807, 2.05) is 0 Å². The number of carboxylic acid groups (broad SMARTS) is 1. The molecule has 0 aliphatic rings. The molecule has 8 nitrogen and oxygen atoms in total. The maximum atomic E-state index is 12.2. The number of carbonyl (C=O) groups is 2. The molecule has 0 aliphatic heterocycles. The van der Waals surface area contributed by atoms with Crippen LogP contribution in [0.2, 0.25) is 0 Å². The van der Waals surface area contributed by atoms with Gasteiger partial charge >= 0.3 is 5.97 Å². The molecule has 0 saturated carbocycles. The first-order valence-corrected chi connectivity index (χ1v) is 8.91. The SMILES string of the molecule is C=CCn1c(SCC(=O)Nc2cccc(C(=O)O)c2)nnc1-c1ccco1. The standard InChI is InChI=1S/C18H16N4O4S/c1-2-8-22-16(14-7-4-9-26-14)20-21-18(22)27-11-15(23)19-13-6-3-5-12(10-13)17(24)25/h2-7,9-10H,1,8,11H2,(H,19,23)(H,24,25). The van der Waals surface area contributed by atoms with Crippen molar-refractivity contribution < 1.29 is 19.1 Å². The van der Waals surface area contributed by atoms with Crippen molar-refractivity contribution >= 4 is 29.3 Å². The maximum absolute atomic E-state index is 12.2. The summed E-state index contributed by atoms with van der Waals surface area (Å²) in [5, 5.41) is 20.5. The molecule has 1 aromatic carbocycles. The van der Waals surface area contributed by atoms with Gasteiger partial charge in [-0.1, -0.05) is 23.9 Å². The van der Waals surface area contributed by atoms with Crippen LogP contribution in [-0.2, 0) is 11.3 Å². The molecule has 9 heteroatoms. The van der Waals surface area contributed by atoms with Gasteiger partial charge in [-0.15, -0.1) is 16.8 Å². The van der Waals surface area contributed by atoms with Crippen molar-refractivity contribution in [2.24, 2.45) is 0 Å². The van der Waals surface area contributed by atoms with Gasteiger partial charge in [-0.05, 0) is 30.3 Å². The summed E-state index contributed by atoms with van der Waals surface area (Å²) < 4.78 is 7.16. The van der Waals surface area contributed by atoms with E-state index in [1.54, 1.807) is 41.2 Å². The Bertz CT molecular complexity index is 966. The van der Waals surface area contributed by atoms with Crippen LogP contribution >= 0.6 is 11.8 Å². The summed E-state index contributed by atoms with van der Waals surface area (Å²) in [5.41, 5.74) is 0.526. The second-order valence-electron chi connectivity index (χ2n) is 5.41. The fourth-order valence-electron chi connectivity index (χ4n) is 2.33. The molecule has 2 heterocycles. The number of rotatable bonds is 8. The van der Waals surface area contributed by atoms with Crippen molar-refractivity contribution in [3.8, 4) is 11.6 Å². The minimum atomic E-state index is -1.05. The summed E-state index contributed by atoms with van der Waals surface area (Å²) in [6.07, 6.45) is 3.26. The topological polar surface area (TPSA) is 110 Å². The van der Waals surface area contributed by atoms with Crippen LogP contribution in [0.3, 0.4) is 0 Å². The van der Waals surface area contributed by atoms with E-state index in [1.165, 1.54) is 23.9 Å². The Morgan fingerprint density at radius 3 is 2.85 bits per heavy atom. The van der Waals surface area contributed by atoms with Crippen LogP contribution < -0.4 is 5.32 Å². The number of furan rings is 1. The maximum Gasteiger partial charge on any atom is 0.335 e. The molecule has 1 amide bonds. The highest BCUT2D eigenvalue weighted by Crippen LogP contribution is 2.24. The summed E-state index contributed by atoms with van der Waals surface area (Å²) in [4.78, 5) is 23.2. The molecule has 0 unspecified atom stereocenters. The number of carbonyl (C=O) groups excluding carboxylic acids is 1. The highest BCUT2D eigenvalue weighted by molar-refractivity contribution is 7.99. The van der Waals surface area contributed by atoms with Gasteiger partial charge in [0.15, 0.2) is 10.9 Å². The van der Waals surface area contributed by atoms with Crippen molar-refractivity contribution in [1.29, 1.82) is 0 Å². The molecule has 138 valence electrons. The molecule has 27 heavy (non-hydrogen) atoms. The van der Waals surface area contributed by atoms with E-state index >= 15 is 0 Å². The van der Waals surface area contributed by atoms with Gasteiger partial charge in [-0.3, -0.25) is 9.36 Å². The second kappa shape index (κ2) is 8.37. The van der Waals surface area contributed by atoms with Gasteiger partial charge in [0, 0.05) is 12.2 Å². The normalized spacial score (nSPS) is 10.5. The monoisotopic (exact) mass is 384 g/mol. The molecule has 2 N–H and O–H groups in total. The minimum absolute atomic E-state index is 0.0880. The van der Waals surface area contributed by atoms with E-state index in [9.17, 15) is 9.59 Å². The van der Waals surface area contributed by atoms with Crippen molar-refractivity contribution in [1.82, 2.24) is 14.8 Å². The number of allylic oxidation sites excluding steroid dienone is 1. The molecule has 0 saturated heterocycles. The van der Waals surface area contributed by atoms with Gasteiger partial charge in [-0.25, -0.2) is 4.79 Å². The third-order valence-electron chi connectivity index (χ3n) is 3.50. The highest BCUT2D eigenvalue weighted by Gasteiger charge is 2.16. The Hall–Kier alpha value is -3.33. The first-order chi connectivity index (χ1) is 13.1. The molecule has 3 aromatic rings. The summed E-state index contributed by atoms with van der Waals surface area (Å²) in [6.45, 7) is 4.20. The van der Waals surface area contributed by atoms with Gasteiger partial charge in [0.2, 0.25) is 11.7 Å². The Labute approximate surface area is 158 Å². The number of benzene rings is 1. The van der Waals surface area contributed by atoms with Crippen molar-refractivity contribution in [3.05, 3.63) is 60.9 Å². The number of carboxylic acids is 1. The lowest BCUT2D eigenvalue weighted by molar-refractivity contribution is -0.113. The quantitative estimate of drug-likeness (QED) is 0.453. The van der Waals surface area contributed by atoms with Gasteiger partial charge in [0.25, 0.3) is 0 Å². The molecular weight excluding hydrogens is 368 g/mol. The van der Waals surface area contributed by atoms with Crippen LogP contribution in [0.4, 0.5) is 5.69 Å². The predicted octanol–water partition coefficient (Wildman–Crippen LogP) is 3.15. The molecule has 2 aromatic heterocycles. The Balaban J connectivity index is 1.68. The number of nitrogens with zero attached hydrogens (tertiary/aromatic N) is 3. The number of aromatic carboxylic acids is 1. The second-order valence-corrected chi connectivity index (χ2v) is 6.35. The highest BCUT2D eigenvalue weighted by atomic mass is 32.2. The predicted molar refractivity (Wildman–Crippen MR) is 101 cm³/mol. The molecule has 0 fully saturated rings. The van der Waals surface area contributed by atoms with E-state index < -0.39 is 5.97 Å². The fourth-order valence-corrected chi connectivity index (χ4v) is 3.08. The summed E-state index contributed by atoms with van der Waals surface area (Å²) in [7, 11) is 0. The number of nitrogens with one attached hydrogen (secondary N) is 1. The van der Waals surface area contributed by atoms with Crippen molar-refractivity contribution in [2.45, 2.75) is 11.7 Å². The minimum Gasteiger partial charge on any atom is -0.478 e. The molecule has 0 aliphatic carbocycles. The average molecular weight is 384 g/mol. The summed E-state index contributed by atoms with van der Waals surface area (Å²) in [5.74, 6) is -0.119. The van der Waals surface area contributed by atoms with Gasteiger partial charge < -0.3 is 14.8 Å². The zero-order valence-corrected chi connectivity index (χ0v) is 15.0. The van der Waals surface area contributed by atoms with Crippen LogP contribution in [-0.4, -0.2) is 37.5 Å².